The lowest BCUT2D eigenvalue weighted by Crippen LogP contribution is -2.07. The Bertz CT molecular complexity index is 478. The highest BCUT2D eigenvalue weighted by molar-refractivity contribution is 5.75. The van der Waals surface area contributed by atoms with E-state index in [-0.39, 0.29) is 11.9 Å². The zero-order valence-electron chi connectivity index (χ0n) is 13.1. The van der Waals surface area contributed by atoms with Gasteiger partial charge in [0.15, 0.2) is 0 Å². The van der Waals surface area contributed by atoms with Gasteiger partial charge in [-0.3, -0.25) is 4.79 Å². The average Bonchev–Trinajstić information content (AvgIpc) is 3.24. The Morgan fingerprint density at radius 1 is 1.35 bits per heavy atom. The third-order valence-corrected chi connectivity index (χ3v) is 4.61. The molecule has 0 aliphatic heterocycles. The van der Waals surface area contributed by atoms with E-state index in [0.29, 0.717) is 11.8 Å². The third-order valence-electron chi connectivity index (χ3n) is 4.61. The van der Waals surface area contributed by atoms with Crippen molar-refractivity contribution < 1.29 is 9.53 Å². The van der Waals surface area contributed by atoms with E-state index in [1.165, 1.54) is 23.8 Å². The number of aryl methyl sites for hydroxylation is 2. The summed E-state index contributed by atoms with van der Waals surface area (Å²) >= 11 is 0. The maximum atomic E-state index is 11.5. The fourth-order valence-electron chi connectivity index (χ4n) is 3.17. The fourth-order valence-corrected chi connectivity index (χ4v) is 3.17. The van der Waals surface area contributed by atoms with Crippen molar-refractivity contribution in [3.63, 3.8) is 0 Å². The minimum absolute atomic E-state index is 0.0276. The molecule has 1 aromatic rings. The van der Waals surface area contributed by atoms with Crippen LogP contribution in [-0.4, -0.2) is 13.1 Å². The van der Waals surface area contributed by atoms with E-state index in [4.69, 9.17) is 4.74 Å². The summed E-state index contributed by atoms with van der Waals surface area (Å²) < 4.78 is 4.83. The van der Waals surface area contributed by atoms with Gasteiger partial charge in [0.05, 0.1) is 13.0 Å². The summed E-state index contributed by atoms with van der Waals surface area (Å²) in [5.74, 6) is 1.17. The van der Waals surface area contributed by atoms with Crippen molar-refractivity contribution in [3.8, 4) is 0 Å². The van der Waals surface area contributed by atoms with Crippen molar-refractivity contribution in [3.05, 3.63) is 34.9 Å². The van der Waals surface area contributed by atoms with Crippen LogP contribution in [0.2, 0.25) is 0 Å². The second-order valence-corrected chi connectivity index (χ2v) is 6.00. The second-order valence-electron chi connectivity index (χ2n) is 6.00. The standard InChI is InChI=1S/C18H26O2/c1-5-13-7-8-14(6-2)16(10-13)12(3)9-15-11-17(15)18(19)20-4/h7-8,10,12,15,17H,5-6,9,11H2,1-4H3. The minimum atomic E-state index is -0.0276. The molecule has 0 saturated heterocycles. The first-order chi connectivity index (χ1) is 9.60. The highest BCUT2D eigenvalue weighted by Crippen LogP contribution is 2.46. The molecular formula is C18H26O2. The first-order valence-corrected chi connectivity index (χ1v) is 7.80. The number of esters is 1. The molecule has 20 heavy (non-hydrogen) atoms. The molecule has 0 amide bonds. The largest absolute Gasteiger partial charge is 0.469 e. The first kappa shape index (κ1) is 15.1. The molecule has 0 N–H and O–H groups in total. The van der Waals surface area contributed by atoms with Crippen molar-refractivity contribution in [2.24, 2.45) is 11.8 Å². The lowest BCUT2D eigenvalue weighted by Gasteiger charge is -2.17. The molecule has 1 aliphatic rings. The van der Waals surface area contributed by atoms with Gasteiger partial charge in [-0.15, -0.1) is 0 Å². The van der Waals surface area contributed by atoms with Crippen LogP contribution in [0.4, 0.5) is 0 Å². The number of benzene rings is 1. The van der Waals surface area contributed by atoms with E-state index >= 15 is 0 Å². The van der Waals surface area contributed by atoms with Crippen LogP contribution in [0, 0.1) is 11.8 Å². The summed E-state index contributed by atoms with van der Waals surface area (Å²) in [5, 5.41) is 0. The van der Waals surface area contributed by atoms with Gasteiger partial charge >= 0.3 is 5.97 Å². The SMILES string of the molecule is CCc1ccc(CC)c(C(C)CC2CC2C(=O)OC)c1. The normalized spacial score (nSPS) is 22.4. The molecule has 1 aromatic carbocycles. The Kier molecular flexibility index (Phi) is 4.85. The molecule has 3 unspecified atom stereocenters. The molecule has 1 saturated carbocycles. The molecule has 3 atom stereocenters. The van der Waals surface area contributed by atoms with E-state index in [1.54, 1.807) is 0 Å². The van der Waals surface area contributed by atoms with Crippen LogP contribution < -0.4 is 0 Å². The highest BCUT2D eigenvalue weighted by Gasteiger charge is 2.44. The summed E-state index contributed by atoms with van der Waals surface area (Å²) in [6.45, 7) is 6.70. The maximum Gasteiger partial charge on any atom is 0.308 e. The van der Waals surface area contributed by atoms with Crippen LogP contribution in [0.15, 0.2) is 18.2 Å². The van der Waals surface area contributed by atoms with Gasteiger partial charge in [0.2, 0.25) is 0 Å². The second kappa shape index (κ2) is 6.43. The highest BCUT2D eigenvalue weighted by atomic mass is 16.5. The summed E-state index contributed by atoms with van der Waals surface area (Å²) in [4.78, 5) is 11.5. The molecule has 1 aliphatic carbocycles. The molecule has 2 rings (SSSR count). The molecule has 2 heteroatoms. The van der Waals surface area contributed by atoms with E-state index in [0.717, 1.165) is 25.7 Å². The van der Waals surface area contributed by atoms with Crippen LogP contribution in [0.25, 0.3) is 0 Å². The minimum Gasteiger partial charge on any atom is -0.469 e. The molecule has 0 aromatic heterocycles. The lowest BCUT2D eigenvalue weighted by molar-refractivity contribution is -0.142. The Labute approximate surface area is 122 Å². The van der Waals surface area contributed by atoms with Gasteiger partial charge in [-0.1, -0.05) is 39.0 Å². The molecular weight excluding hydrogens is 248 g/mol. The zero-order chi connectivity index (χ0) is 14.7. The van der Waals surface area contributed by atoms with Gasteiger partial charge in [0.1, 0.15) is 0 Å². The quantitative estimate of drug-likeness (QED) is 0.730. The molecule has 0 radical (unpaired) electrons. The number of carbonyl (C=O) groups excluding carboxylic acids is 1. The maximum absolute atomic E-state index is 11.5. The van der Waals surface area contributed by atoms with Gasteiger partial charge in [-0.25, -0.2) is 0 Å². The number of carbonyl (C=O) groups is 1. The fraction of sp³-hybridized carbons (Fsp3) is 0.611. The van der Waals surface area contributed by atoms with Crippen LogP contribution >= 0.6 is 0 Å². The molecule has 110 valence electrons. The number of hydrogen-bond donors (Lipinski definition) is 0. The van der Waals surface area contributed by atoms with Crippen molar-refractivity contribution in [2.75, 3.05) is 7.11 Å². The predicted octanol–water partition coefficient (Wildman–Crippen LogP) is 4.11. The van der Waals surface area contributed by atoms with E-state index < -0.39 is 0 Å². The monoisotopic (exact) mass is 274 g/mol. The summed E-state index contributed by atoms with van der Waals surface area (Å²) in [6.07, 6.45) is 4.26. The summed E-state index contributed by atoms with van der Waals surface area (Å²) in [5.41, 5.74) is 4.33. The molecule has 0 heterocycles. The number of hydrogen-bond acceptors (Lipinski definition) is 2. The first-order valence-electron chi connectivity index (χ1n) is 7.80. The van der Waals surface area contributed by atoms with Gasteiger partial charge < -0.3 is 4.74 Å². The van der Waals surface area contributed by atoms with Crippen molar-refractivity contribution >= 4 is 5.97 Å². The van der Waals surface area contributed by atoms with Crippen LogP contribution in [0.5, 0.6) is 0 Å². The smallest absolute Gasteiger partial charge is 0.308 e. The van der Waals surface area contributed by atoms with Gasteiger partial charge in [-0.2, -0.15) is 0 Å². The molecule has 1 fully saturated rings. The Balaban J connectivity index is 2.05. The topological polar surface area (TPSA) is 26.3 Å². The third kappa shape index (κ3) is 3.23. The predicted molar refractivity (Wildman–Crippen MR) is 81.8 cm³/mol. The number of ether oxygens (including phenoxy) is 1. The van der Waals surface area contributed by atoms with Crippen molar-refractivity contribution in [2.45, 2.75) is 52.4 Å². The van der Waals surface area contributed by atoms with Gasteiger partial charge in [0, 0.05) is 0 Å². The Morgan fingerprint density at radius 2 is 2.10 bits per heavy atom. The number of methoxy groups -OCH3 is 1. The average molecular weight is 274 g/mol. The van der Waals surface area contributed by atoms with E-state index in [2.05, 4.69) is 39.0 Å². The molecule has 0 bridgehead atoms. The molecule has 0 spiro atoms. The van der Waals surface area contributed by atoms with E-state index in [9.17, 15) is 4.79 Å². The summed E-state index contributed by atoms with van der Waals surface area (Å²) in [7, 11) is 1.49. The van der Waals surface area contributed by atoms with E-state index in [1.807, 2.05) is 0 Å². The van der Waals surface area contributed by atoms with Crippen LogP contribution in [0.1, 0.15) is 56.2 Å². The summed E-state index contributed by atoms with van der Waals surface area (Å²) in [6, 6.07) is 6.87. The number of rotatable bonds is 6. The van der Waals surface area contributed by atoms with Crippen LogP contribution in [0.3, 0.4) is 0 Å². The lowest BCUT2D eigenvalue weighted by atomic mass is 9.88. The van der Waals surface area contributed by atoms with Crippen molar-refractivity contribution in [1.29, 1.82) is 0 Å². The Morgan fingerprint density at radius 3 is 2.70 bits per heavy atom. The molecule has 2 nitrogen and oxygen atoms in total. The van der Waals surface area contributed by atoms with Gasteiger partial charge in [0.25, 0.3) is 0 Å². The van der Waals surface area contributed by atoms with Gasteiger partial charge in [-0.05, 0) is 54.2 Å². The van der Waals surface area contributed by atoms with Crippen LogP contribution in [-0.2, 0) is 22.4 Å². The Hall–Kier alpha value is -1.31. The van der Waals surface area contributed by atoms with Crippen molar-refractivity contribution in [1.82, 2.24) is 0 Å². The zero-order valence-corrected chi connectivity index (χ0v) is 13.1.